The van der Waals surface area contributed by atoms with Crippen LogP contribution in [0, 0.1) is 23.7 Å². The van der Waals surface area contributed by atoms with Crippen LogP contribution in [-0.2, 0) is 11.3 Å². The number of amides is 1. The zero-order chi connectivity index (χ0) is 17.2. The Hall–Kier alpha value is -1.06. The summed E-state index contributed by atoms with van der Waals surface area (Å²) < 4.78 is 0. The second-order valence-corrected chi connectivity index (χ2v) is 8.70. The van der Waals surface area contributed by atoms with Gasteiger partial charge in [-0.1, -0.05) is 43.2 Å². The second-order valence-electron chi connectivity index (χ2n) is 8.70. The van der Waals surface area contributed by atoms with Crippen LogP contribution in [0.3, 0.4) is 0 Å². The molecule has 26 heavy (non-hydrogen) atoms. The number of carbonyl (C=O) groups is 1. The normalized spacial score (nSPS) is 30.8. The third-order valence-corrected chi connectivity index (χ3v) is 6.99. The van der Waals surface area contributed by atoms with E-state index in [1.54, 1.807) is 0 Å². The SMILES string of the molecule is Cl.NC1C2CCCC1CC(C(=O)N(Cc1ccccc1)CC1CCC1)C2. The fourth-order valence-corrected chi connectivity index (χ4v) is 5.27. The maximum atomic E-state index is 13.4. The van der Waals surface area contributed by atoms with E-state index in [0.29, 0.717) is 23.8 Å². The van der Waals surface area contributed by atoms with E-state index in [2.05, 4.69) is 29.2 Å². The van der Waals surface area contributed by atoms with E-state index in [9.17, 15) is 4.79 Å². The van der Waals surface area contributed by atoms with Gasteiger partial charge < -0.3 is 10.6 Å². The highest BCUT2D eigenvalue weighted by Gasteiger charge is 2.41. The monoisotopic (exact) mass is 376 g/mol. The molecule has 0 aromatic heterocycles. The lowest BCUT2D eigenvalue weighted by atomic mass is 9.65. The number of nitrogens with zero attached hydrogens (tertiary/aromatic N) is 1. The molecule has 3 aliphatic rings. The molecule has 2 atom stereocenters. The van der Waals surface area contributed by atoms with Crippen LogP contribution in [-0.4, -0.2) is 23.4 Å². The minimum atomic E-state index is 0. The van der Waals surface area contributed by atoms with Gasteiger partial charge in [0.1, 0.15) is 0 Å². The summed E-state index contributed by atoms with van der Waals surface area (Å²) >= 11 is 0. The number of carbonyl (C=O) groups excluding carboxylic acids is 1. The van der Waals surface area contributed by atoms with Crippen molar-refractivity contribution in [2.45, 2.75) is 64.0 Å². The Bertz CT molecular complexity index is 575. The van der Waals surface area contributed by atoms with Crippen LogP contribution in [0.15, 0.2) is 30.3 Å². The molecule has 0 heterocycles. The zero-order valence-corrected chi connectivity index (χ0v) is 16.5. The van der Waals surface area contributed by atoms with Crippen LogP contribution in [0.25, 0.3) is 0 Å². The molecule has 0 radical (unpaired) electrons. The van der Waals surface area contributed by atoms with Crippen molar-refractivity contribution in [3.8, 4) is 0 Å². The second kappa shape index (κ2) is 8.75. The van der Waals surface area contributed by atoms with E-state index < -0.39 is 0 Å². The van der Waals surface area contributed by atoms with Crippen molar-refractivity contribution in [1.82, 2.24) is 4.90 Å². The number of nitrogens with two attached hydrogens (primary N) is 1. The van der Waals surface area contributed by atoms with Gasteiger partial charge in [-0.3, -0.25) is 4.79 Å². The van der Waals surface area contributed by atoms with E-state index in [0.717, 1.165) is 31.8 Å². The number of rotatable bonds is 5. The van der Waals surface area contributed by atoms with E-state index >= 15 is 0 Å². The van der Waals surface area contributed by atoms with Crippen LogP contribution >= 0.6 is 12.4 Å². The lowest BCUT2D eigenvalue weighted by molar-refractivity contribution is -0.140. The Balaban J connectivity index is 0.00000196. The van der Waals surface area contributed by atoms with Gasteiger partial charge in [-0.05, 0) is 61.8 Å². The van der Waals surface area contributed by atoms with E-state index in [1.807, 2.05) is 6.07 Å². The molecule has 1 amide bonds. The van der Waals surface area contributed by atoms with E-state index in [1.165, 1.54) is 44.1 Å². The number of benzene rings is 1. The fourth-order valence-electron chi connectivity index (χ4n) is 5.27. The van der Waals surface area contributed by atoms with Gasteiger partial charge in [0.25, 0.3) is 0 Å². The lowest BCUT2D eigenvalue weighted by Crippen LogP contribution is -2.50. The van der Waals surface area contributed by atoms with Gasteiger partial charge in [0, 0.05) is 25.0 Å². The van der Waals surface area contributed by atoms with Gasteiger partial charge in [0.2, 0.25) is 5.91 Å². The molecule has 3 aliphatic carbocycles. The molecule has 4 rings (SSSR count). The van der Waals surface area contributed by atoms with Gasteiger partial charge in [-0.15, -0.1) is 12.4 Å². The summed E-state index contributed by atoms with van der Waals surface area (Å²) in [6.07, 6.45) is 9.71. The van der Waals surface area contributed by atoms with Gasteiger partial charge in [-0.25, -0.2) is 0 Å². The molecule has 0 spiro atoms. The van der Waals surface area contributed by atoms with Crippen molar-refractivity contribution in [3.05, 3.63) is 35.9 Å². The Morgan fingerprint density at radius 1 is 1.00 bits per heavy atom. The summed E-state index contributed by atoms with van der Waals surface area (Å²) in [5.41, 5.74) is 7.69. The topological polar surface area (TPSA) is 46.3 Å². The first-order valence-corrected chi connectivity index (χ1v) is 10.3. The highest BCUT2D eigenvalue weighted by Crippen LogP contribution is 2.42. The van der Waals surface area contributed by atoms with Gasteiger partial charge in [-0.2, -0.15) is 0 Å². The number of halogens is 1. The average Bonchev–Trinajstić information content (AvgIpc) is 2.57. The molecule has 1 aromatic rings. The largest absolute Gasteiger partial charge is 0.338 e. The van der Waals surface area contributed by atoms with Crippen LogP contribution in [0.5, 0.6) is 0 Å². The molecule has 4 heteroatoms. The third kappa shape index (κ3) is 4.26. The van der Waals surface area contributed by atoms with Crippen LogP contribution in [0.4, 0.5) is 0 Å². The van der Waals surface area contributed by atoms with E-state index in [-0.39, 0.29) is 18.3 Å². The van der Waals surface area contributed by atoms with Crippen LogP contribution < -0.4 is 5.73 Å². The predicted octanol–water partition coefficient (Wildman–Crippen LogP) is 4.39. The smallest absolute Gasteiger partial charge is 0.226 e. The molecule has 1 aromatic carbocycles. The molecule has 2 bridgehead atoms. The van der Waals surface area contributed by atoms with Crippen molar-refractivity contribution in [3.63, 3.8) is 0 Å². The Morgan fingerprint density at radius 2 is 1.62 bits per heavy atom. The van der Waals surface area contributed by atoms with Crippen molar-refractivity contribution in [1.29, 1.82) is 0 Å². The molecule has 3 nitrogen and oxygen atoms in total. The number of hydrogen-bond acceptors (Lipinski definition) is 2. The molecule has 2 unspecified atom stereocenters. The molecule has 3 fully saturated rings. The molecule has 3 saturated carbocycles. The minimum absolute atomic E-state index is 0. The highest BCUT2D eigenvalue weighted by molar-refractivity contribution is 5.85. The van der Waals surface area contributed by atoms with Gasteiger partial charge in [0.05, 0.1) is 0 Å². The van der Waals surface area contributed by atoms with Crippen molar-refractivity contribution >= 4 is 18.3 Å². The zero-order valence-electron chi connectivity index (χ0n) is 15.7. The summed E-state index contributed by atoms with van der Waals surface area (Å²) in [5, 5.41) is 0. The maximum absolute atomic E-state index is 13.4. The van der Waals surface area contributed by atoms with E-state index in [4.69, 9.17) is 5.73 Å². The van der Waals surface area contributed by atoms with Crippen LogP contribution in [0.1, 0.15) is 56.9 Å². The minimum Gasteiger partial charge on any atom is -0.338 e. The molecular formula is C22H33ClN2O. The van der Waals surface area contributed by atoms with Crippen molar-refractivity contribution in [2.24, 2.45) is 29.4 Å². The lowest BCUT2D eigenvalue weighted by Gasteiger charge is -2.45. The van der Waals surface area contributed by atoms with Gasteiger partial charge >= 0.3 is 0 Å². The first-order chi connectivity index (χ1) is 12.2. The van der Waals surface area contributed by atoms with Crippen molar-refractivity contribution in [2.75, 3.05) is 6.54 Å². The molecule has 0 saturated heterocycles. The van der Waals surface area contributed by atoms with Gasteiger partial charge in [0.15, 0.2) is 0 Å². The summed E-state index contributed by atoms with van der Waals surface area (Å²) in [4.78, 5) is 15.6. The Labute approximate surface area is 164 Å². The molecule has 144 valence electrons. The summed E-state index contributed by atoms with van der Waals surface area (Å²) in [6.45, 7) is 1.72. The third-order valence-electron chi connectivity index (χ3n) is 6.99. The predicted molar refractivity (Wildman–Crippen MR) is 108 cm³/mol. The first kappa shape index (κ1) is 19.7. The summed E-state index contributed by atoms with van der Waals surface area (Å²) in [6, 6.07) is 10.8. The molecular weight excluding hydrogens is 344 g/mol. The standard InChI is InChI=1S/C22H32N2O.ClH/c23-21-18-10-5-11-19(21)13-20(12-18)22(25)24(15-17-8-4-9-17)14-16-6-2-1-3-7-16;/h1-3,6-7,17-21H,4-5,8-15,23H2;1H. The number of hydrogen-bond donors (Lipinski definition) is 1. The summed E-state index contributed by atoms with van der Waals surface area (Å²) in [5.74, 6) is 2.48. The van der Waals surface area contributed by atoms with Crippen LogP contribution in [0.2, 0.25) is 0 Å². The number of fused-ring (bicyclic) bond motifs is 2. The quantitative estimate of drug-likeness (QED) is 0.828. The molecule has 2 N–H and O–H groups in total. The highest BCUT2D eigenvalue weighted by atomic mass is 35.5. The average molecular weight is 377 g/mol. The van der Waals surface area contributed by atoms with Crippen molar-refractivity contribution < 1.29 is 4.79 Å². The fraction of sp³-hybridized carbons (Fsp3) is 0.682. The molecule has 0 aliphatic heterocycles. The Kier molecular flexibility index (Phi) is 6.63. The maximum Gasteiger partial charge on any atom is 0.226 e. The summed E-state index contributed by atoms with van der Waals surface area (Å²) in [7, 11) is 0. The Morgan fingerprint density at radius 3 is 2.19 bits per heavy atom. The first-order valence-electron chi connectivity index (χ1n) is 10.3.